The van der Waals surface area contributed by atoms with Crippen molar-refractivity contribution < 1.29 is 40.7 Å². The lowest BCUT2D eigenvalue weighted by molar-refractivity contribution is -0.136. The van der Waals surface area contributed by atoms with Gasteiger partial charge in [-0.05, 0) is 93.1 Å². The molecule has 0 spiro atoms. The summed E-state index contributed by atoms with van der Waals surface area (Å²) in [4.78, 5) is 68.4. The van der Waals surface area contributed by atoms with E-state index in [2.05, 4.69) is 36.7 Å². The molecule has 22 heteroatoms. The first-order chi connectivity index (χ1) is 33.6. The van der Waals surface area contributed by atoms with Gasteiger partial charge in [0.15, 0.2) is 17.4 Å². The van der Waals surface area contributed by atoms with Crippen molar-refractivity contribution in [1.29, 1.82) is 5.26 Å². The van der Waals surface area contributed by atoms with E-state index < -0.39 is 62.7 Å². The van der Waals surface area contributed by atoms with Crippen LogP contribution in [0, 0.1) is 28.9 Å². The molecule has 70 heavy (non-hydrogen) atoms. The Morgan fingerprint density at radius 3 is 2.44 bits per heavy atom. The molecule has 7 heterocycles. The summed E-state index contributed by atoms with van der Waals surface area (Å²) in [5.41, 5.74) is 0.996. The molecule has 3 aromatic carbocycles. The van der Waals surface area contributed by atoms with E-state index in [0.717, 1.165) is 61.1 Å². The third-order valence-corrected chi connectivity index (χ3v) is 15.5. The molecule has 2 aromatic heterocycles. The van der Waals surface area contributed by atoms with Gasteiger partial charge in [0, 0.05) is 75.9 Å². The second-order valence-corrected chi connectivity index (χ2v) is 20.1. The molecule has 0 saturated carbocycles. The highest BCUT2D eigenvalue weighted by Gasteiger charge is 2.41. The molecule has 0 radical (unpaired) electrons. The minimum Gasteiger partial charge on any atom is -0.453 e. The summed E-state index contributed by atoms with van der Waals surface area (Å²) in [6.45, 7) is 6.36. The van der Waals surface area contributed by atoms with Gasteiger partial charge in [0.05, 0.1) is 40.7 Å². The van der Waals surface area contributed by atoms with Crippen molar-refractivity contribution in [2.75, 3.05) is 66.9 Å². The Kier molecular flexibility index (Phi) is 12.4. The number of piperazine rings is 1. The normalized spacial score (nSPS) is 21.6. The summed E-state index contributed by atoms with van der Waals surface area (Å²) in [6, 6.07) is 14.4. The number of benzene rings is 3. The van der Waals surface area contributed by atoms with Crippen LogP contribution in [0.4, 0.5) is 30.2 Å². The van der Waals surface area contributed by atoms with Gasteiger partial charge in [-0.15, -0.1) is 0 Å². The second kappa shape index (κ2) is 18.7. The summed E-state index contributed by atoms with van der Waals surface area (Å²) in [6.07, 6.45) is 3.87. The standard InChI is InChI=1S/C48H48F3N11O7S/c1-28-23-57(24-29-12-15-58(16-13-29)40-8-4-33-36(44(40)51)26-61(47(33)65)41-9-11-43(63)55-46(41)64)18-19-60(28)31-2-10-42(53-22-31)62-27-54-38-6-3-32(20-34(38)48(62)66)69-45-35(21-52)39(7-5-37(45)50)56-70(67,68)59-17-14-30(49)25-59/h2-8,10,20,22,27-30,41,56H,9,11-19,23-26H2,1H3,(H,55,63,64)/t28-,30+,41+/m0/s1. The number of carbonyl (C=O) groups is 3. The highest BCUT2D eigenvalue weighted by Crippen LogP contribution is 2.37. The topological polar surface area (TPSA) is 206 Å². The number of nitrogens with zero attached hydrogens (tertiary/aromatic N) is 9. The number of nitriles is 1. The summed E-state index contributed by atoms with van der Waals surface area (Å²) in [5, 5.41) is 12.4. The monoisotopic (exact) mass is 979 g/mol. The molecule has 3 amide bonds. The minimum atomic E-state index is -4.26. The predicted octanol–water partition coefficient (Wildman–Crippen LogP) is 4.61. The smallest absolute Gasteiger partial charge is 0.301 e. The molecule has 364 valence electrons. The van der Waals surface area contributed by atoms with Crippen LogP contribution in [0.25, 0.3) is 16.7 Å². The summed E-state index contributed by atoms with van der Waals surface area (Å²) in [5.74, 6) is -2.56. The SMILES string of the molecule is C[C@H]1CN(CC2CCN(c3ccc4c(c3F)CN([C@@H]3CCC(=O)NC3=O)C4=O)CC2)CCN1c1ccc(-n2cnc3ccc(Oc4c(F)ccc(NS(=O)(=O)N5CC[C@@H](F)C5)c4C#N)cc3c2=O)nc1. The molecular weight excluding hydrogens is 932 g/mol. The lowest BCUT2D eigenvalue weighted by Gasteiger charge is -2.43. The van der Waals surface area contributed by atoms with Crippen molar-refractivity contribution in [2.24, 2.45) is 5.92 Å². The van der Waals surface area contributed by atoms with Crippen LogP contribution in [-0.2, 0) is 26.3 Å². The number of carbonyl (C=O) groups excluding carboxylic acids is 3. The molecule has 4 fully saturated rings. The van der Waals surface area contributed by atoms with E-state index in [4.69, 9.17) is 4.74 Å². The van der Waals surface area contributed by atoms with E-state index in [1.165, 1.54) is 34.0 Å². The van der Waals surface area contributed by atoms with Gasteiger partial charge in [0.1, 0.15) is 41.7 Å². The Labute approximate surface area is 400 Å². The van der Waals surface area contributed by atoms with Gasteiger partial charge >= 0.3 is 10.2 Å². The first-order valence-corrected chi connectivity index (χ1v) is 24.6. The number of piperidine rings is 2. The number of hydrogen-bond donors (Lipinski definition) is 2. The number of alkyl halides is 1. The lowest BCUT2D eigenvalue weighted by Crippen LogP contribution is -2.53. The highest BCUT2D eigenvalue weighted by molar-refractivity contribution is 7.90. The number of fused-ring (bicyclic) bond motifs is 2. The van der Waals surface area contributed by atoms with Gasteiger partial charge in [-0.25, -0.2) is 23.1 Å². The Bertz CT molecular complexity index is 3150. The van der Waals surface area contributed by atoms with Crippen molar-refractivity contribution in [1.82, 2.24) is 34.0 Å². The number of nitrogens with one attached hydrogen (secondary N) is 2. The molecular formula is C48H48F3N11O7S. The van der Waals surface area contributed by atoms with Crippen LogP contribution in [0.1, 0.15) is 60.5 Å². The maximum atomic E-state index is 16.0. The number of aromatic nitrogens is 3. The molecule has 18 nitrogen and oxygen atoms in total. The van der Waals surface area contributed by atoms with Crippen molar-refractivity contribution >= 4 is 55.9 Å². The fourth-order valence-electron chi connectivity index (χ4n) is 10.2. The Balaban J connectivity index is 0.751. The molecule has 10 rings (SSSR count). The number of anilines is 3. The van der Waals surface area contributed by atoms with Gasteiger partial charge in [0.2, 0.25) is 11.8 Å². The molecule has 5 aromatic rings. The zero-order valence-electron chi connectivity index (χ0n) is 38.0. The van der Waals surface area contributed by atoms with E-state index in [1.807, 2.05) is 11.0 Å². The van der Waals surface area contributed by atoms with E-state index in [0.29, 0.717) is 36.0 Å². The predicted molar refractivity (Wildman–Crippen MR) is 251 cm³/mol. The average molecular weight is 980 g/mol. The van der Waals surface area contributed by atoms with E-state index in [-0.39, 0.29) is 78.8 Å². The van der Waals surface area contributed by atoms with Gasteiger partial charge in [0.25, 0.3) is 11.5 Å². The van der Waals surface area contributed by atoms with Crippen molar-refractivity contribution in [3.63, 3.8) is 0 Å². The number of amides is 3. The van der Waals surface area contributed by atoms with E-state index in [9.17, 15) is 37.2 Å². The van der Waals surface area contributed by atoms with Crippen LogP contribution in [0.15, 0.2) is 71.9 Å². The zero-order chi connectivity index (χ0) is 49.0. The molecule has 2 N–H and O–H groups in total. The average Bonchev–Trinajstić information content (AvgIpc) is 3.94. The zero-order valence-corrected chi connectivity index (χ0v) is 38.8. The van der Waals surface area contributed by atoms with E-state index in [1.54, 1.807) is 30.5 Å². The van der Waals surface area contributed by atoms with Gasteiger partial charge in [-0.2, -0.15) is 18.0 Å². The number of halogens is 3. The largest absolute Gasteiger partial charge is 0.453 e. The fourth-order valence-corrected chi connectivity index (χ4v) is 11.5. The molecule has 0 bridgehead atoms. The van der Waals surface area contributed by atoms with Crippen molar-refractivity contribution in [3.8, 4) is 23.4 Å². The lowest BCUT2D eigenvalue weighted by atomic mass is 9.94. The Morgan fingerprint density at radius 1 is 0.914 bits per heavy atom. The number of rotatable bonds is 11. The first-order valence-electron chi connectivity index (χ1n) is 23.2. The highest BCUT2D eigenvalue weighted by atomic mass is 32.2. The quantitative estimate of drug-likeness (QED) is 0.174. The number of ether oxygens (including phenoxy) is 1. The molecule has 0 aliphatic carbocycles. The van der Waals surface area contributed by atoms with Crippen LogP contribution >= 0.6 is 0 Å². The van der Waals surface area contributed by atoms with Gasteiger partial charge < -0.3 is 19.4 Å². The maximum absolute atomic E-state index is 16.0. The van der Waals surface area contributed by atoms with Crippen molar-refractivity contribution in [3.05, 3.63) is 106 Å². The maximum Gasteiger partial charge on any atom is 0.301 e. The third-order valence-electron chi connectivity index (χ3n) is 14.0. The molecule has 5 aliphatic rings. The summed E-state index contributed by atoms with van der Waals surface area (Å²) < 4.78 is 81.1. The van der Waals surface area contributed by atoms with Crippen LogP contribution in [0.2, 0.25) is 0 Å². The van der Waals surface area contributed by atoms with Crippen molar-refractivity contribution in [2.45, 2.75) is 63.8 Å². The molecule has 4 saturated heterocycles. The fraction of sp³-hybridized carbons (Fsp3) is 0.396. The second-order valence-electron chi connectivity index (χ2n) is 18.4. The molecule has 5 aliphatic heterocycles. The van der Waals surface area contributed by atoms with Crippen LogP contribution in [0.3, 0.4) is 0 Å². The number of hydrogen-bond acceptors (Lipinski definition) is 13. The Morgan fingerprint density at radius 2 is 1.73 bits per heavy atom. The van der Waals surface area contributed by atoms with Gasteiger partial charge in [-0.1, -0.05) is 0 Å². The number of imide groups is 1. The van der Waals surface area contributed by atoms with Crippen LogP contribution < -0.4 is 30.1 Å². The molecule has 0 unspecified atom stereocenters. The van der Waals surface area contributed by atoms with Gasteiger partial charge in [-0.3, -0.25) is 38.7 Å². The van der Waals surface area contributed by atoms with Crippen LogP contribution in [0.5, 0.6) is 11.5 Å². The third kappa shape index (κ3) is 8.88. The number of pyridine rings is 1. The van der Waals surface area contributed by atoms with E-state index >= 15 is 8.78 Å². The minimum absolute atomic E-state index is 0.0127. The Hall–Kier alpha value is -7.09. The van der Waals surface area contributed by atoms with Crippen LogP contribution in [-0.4, -0.2) is 125 Å². The summed E-state index contributed by atoms with van der Waals surface area (Å²) in [7, 11) is -4.26. The summed E-state index contributed by atoms with van der Waals surface area (Å²) >= 11 is 0. The molecule has 3 atom stereocenters. The first kappa shape index (κ1) is 46.6.